The highest BCUT2D eigenvalue weighted by molar-refractivity contribution is 7.91. The van der Waals surface area contributed by atoms with Gasteiger partial charge in [-0.1, -0.05) is 13.8 Å². The number of carbonyl (C=O) groups is 1. The molecule has 0 radical (unpaired) electrons. The van der Waals surface area contributed by atoms with E-state index in [2.05, 4.69) is 5.10 Å². The molecule has 142 valence electrons. The number of fused-ring (bicyclic) bond motifs is 1. The Kier molecular flexibility index (Phi) is 4.81. The van der Waals surface area contributed by atoms with Crippen LogP contribution in [0.25, 0.3) is 11.0 Å². The lowest BCUT2D eigenvalue weighted by Crippen LogP contribution is -2.38. The van der Waals surface area contributed by atoms with Crippen LogP contribution >= 0.6 is 0 Å². The summed E-state index contributed by atoms with van der Waals surface area (Å²) in [7, 11) is -1.37. The van der Waals surface area contributed by atoms with Crippen LogP contribution in [0.5, 0.6) is 0 Å². The van der Waals surface area contributed by atoms with Gasteiger partial charge in [0.15, 0.2) is 15.5 Å². The van der Waals surface area contributed by atoms with Crippen molar-refractivity contribution >= 4 is 26.8 Å². The summed E-state index contributed by atoms with van der Waals surface area (Å²) in [4.78, 5) is 19.5. The Morgan fingerprint density at radius 1 is 1.31 bits per heavy atom. The van der Waals surface area contributed by atoms with Crippen LogP contribution in [0.3, 0.4) is 0 Å². The zero-order valence-electron chi connectivity index (χ0n) is 15.9. The topological polar surface area (TPSA) is 85.2 Å². The van der Waals surface area contributed by atoms with E-state index in [4.69, 9.17) is 4.98 Å². The molecule has 1 saturated heterocycles. The monoisotopic (exact) mass is 378 g/mol. The molecule has 0 aromatic carbocycles. The third-order valence-electron chi connectivity index (χ3n) is 4.97. The molecule has 0 spiro atoms. The van der Waals surface area contributed by atoms with Crippen LogP contribution in [0.4, 0.5) is 0 Å². The third kappa shape index (κ3) is 3.34. The molecule has 2 aromatic heterocycles. The molecule has 7 nitrogen and oxygen atoms in total. The number of hydrogen-bond donors (Lipinski definition) is 0. The number of amides is 1. The molecule has 3 heterocycles. The maximum absolute atomic E-state index is 13.2. The second-order valence-electron chi connectivity index (χ2n) is 7.64. The fourth-order valence-corrected chi connectivity index (χ4v) is 5.10. The van der Waals surface area contributed by atoms with Crippen molar-refractivity contribution in [2.24, 2.45) is 0 Å². The fraction of sp³-hybridized carbons (Fsp3) is 0.611. The van der Waals surface area contributed by atoms with Crippen LogP contribution in [-0.2, 0) is 9.84 Å². The minimum Gasteiger partial charge on any atom is -0.338 e. The van der Waals surface area contributed by atoms with Crippen molar-refractivity contribution in [3.05, 3.63) is 23.5 Å². The van der Waals surface area contributed by atoms with Crippen LogP contribution in [-0.4, -0.2) is 58.6 Å². The molecule has 0 saturated carbocycles. The molecule has 1 aliphatic heterocycles. The van der Waals surface area contributed by atoms with Gasteiger partial charge in [-0.3, -0.25) is 4.79 Å². The van der Waals surface area contributed by atoms with Gasteiger partial charge in [-0.2, -0.15) is 5.10 Å². The van der Waals surface area contributed by atoms with Crippen LogP contribution in [0, 0.1) is 0 Å². The predicted octanol–water partition coefficient (Wildman–Crippen LogP) is 2.39. The summed E-state index contributed by atoms with van der Waals surface area (Å²) < 4.78 is 25.4. The summed E-state index contributed by atoms with van der Waals surface area (Å²) in [5.74, 6) is 0.165. The lowest BCUT2D eigenvalue weighted by atomic mass is 10.0. The highest BCUT2D eigenvalue weighted by Crippen LogP contribution is 2.27. The normalized spacial score (nSPS) is 19.6. The zero-order chi connectivity index (χ0) is 19.2. The summed E-state index contributed by atoms with van der Waals surface area (Å²) in [5.41, 5.74) is 2.06. The van der Waals surface area contributed by atoms with Gasteiger partial charge in [-0.15, -0.1) is 0 Å². The second-order valence-corrected chi connectivity index (χ2v) is 9.87. The summed E-state index contributed by atoms with van der Waals surface area (Å²) in [6.45, 7) is 8.11. The van der Waals surface area contributed by atoms with Crippen molar-refractivity contribution in [2.45, 2.75) is 52.1 Å². The van der Waals surface area contributed by atoms with Crippen molar-refractivity contribution in [3.63, 3.8) is 0 Å². The minimum atomic E-state index is -3.05. The second kappa shape index (κ2) is 6.64. The van der Waals surface area contributed by atoms with Crippen molar-refractivity contribution in [3.8, 4) is 0 Å². The Balaban J connectivity index is 2.07. The van der Waals surface area contributed by atoms with E-state index < -0.39 is 9.84 Å². The Hall–Kier alpha value is -1.96. The Morgan fingerprint density at radius 2 is 2.00 bits per heavy atom. The number of pyridine rings is 1. The van der Waals surface area contributed by atoms with Gasteiger partial charge in [-0.25, -0.2) is 18.1 Å². The first-order chi connectivity index (χ1) is 12.1. The molecule has 8 heteroatoms. The molecule has 1 fully saturated rings. The maximum atomic E-state index is 13.2. The van der Waals surface area contributed by atoms with Crippen LogP contribution < -0.4 is 0 Å². The van der Waals surface area contributed by atoms with E-state index >= 15 is 0 Å². The van der Waals surface area contributed by atoms with Gasteiger partial charge < -0.3 is 4.90 Å². The Bertz CT molecular complexity index is 947. The summed E-state index contributed by atoms with van der Waals surface area (Å²) in [6, 6.07) is 1.67. The van der Waals surface area contributed by atoms with Gasteiger partial charge in [0.2, 0.25) is 0 Å². The molecule has 0 aliphatic carbocycles. The van der Waals surface area contributed by atoms with Gasteiger partial charge in [0, 0.05) is 24.8 Å². The van der Waals surface area contributed by atoms with E-state index in [-0.39, 0.29) is 35.4 Å². The third-order valence-corrected chi connectivity index (χ3v) is 6.72. The maximum Gasteiger partial charge on any atom is 0.254 e. The lowest BCUT2D eigenvalue weighted by Gasteiger charge is -2.24. The largest absolute Gasteiger partial charge is 0.338 e. The summed E-state index contributed by atoms with van der Waals surface area (Å²) in [5, 5.41) is 5.11. The molecule has 0 N–H and O–H groups in total. The predicted molar refractivity (Wildman–Crippen MR) is 101 cm³/mol. The van der Waals surface area contributed by atoms with E-state index in [0.29, 0.717) is 23.0 Å². The molecule has 1 amide bonds. The summed E-state index contributed by atoms with van der Waals surface area (Å²) >= 11 is 0. The van der Waals surface area contributed by atoms with Crippen molar-refractivity contribution in [1.29, 1.82) is 0 Å². The van der Waals surface area contributed by atoms with Gasteiger partial charge in [0.05, 0.1) is 28.7 Å². The lowest BCUT2D eigenvalue weighted by molar-refractivity contribution is 0.0749. The zero-order valence-corrected chi connectivity index (χ0v) is 16.7. The standard InChI is InChI=1S/C18H26N4O3S/c1-11(2)16-8-14(15-9-19-22(12(3)4)17(15)20-16)18(23)21(5)13-6-7-26(24,25)10-13/h8-9,11-13H,6-7,10H2,1-5H3/t13-/m0/s1. The molecule has 26 heavy (non-hydrogen) atoms. The van der Waals surface area contributed by atoms with Crippen LogP contribution in [0.15, 0.2) is 12.3 Å². The SMILES string of the molecule is CC(C)c1cc(C(=O)N(C)[C@H]2CCS(=O)(=O)C2)c2cnn(C(C)C)c2n1. The minimum absolute atomic E-state index is 0.0335. The van der Waals surface area contributed by atoms with E-state index in [9.17, 15) is 13.2 Å². The first kappa shape index (κ1) is 18.8. The Labute approximate surface area is 154 Å². The molecule has 2 aromatic rings. The van der Waals surface area contributed by atoms with E-state index in [1.54, 1.807) is 18.1 Å². The van der Waals surface area contributed by atoms with Gasteiger partial charge in [0.25, 0.3) is 5.91 Å². The first-order valence-corrected chi connectivity index (χ1v) is 10.8. The fourth-order valence-electron chi connectivity index (χ4n) is 3.32. The average Bonchev–Trinajstić information content (AvgIpc) is 3.15. The van der Waals surface area contributed by atoms with Gasteiger partial charge in [0.1, 0.15) is 0 Å². The first-order valence-electron chi connectivity index (χ1n) is 8.96. The molecule has 1 atom stereocenters. The number of nitrogens with zero attached hydrogens (tertiary/aromatic N) is 4. The molecular weight excluding hydrogens is 352 g/mol. The van der Waals surface area contributed by atoms with E-state index in [1.165, 1.54) is 0 Å². The molecular formula is C18H26N4O3S. The number of aromatic nitrogens is 3. The smallest absolute Gasteiger partial charge is 0.254 e. The van der Waals surface area contributed by atoms with Crippen LogP contribution in [0.1, 0.15) is 62.1 Å². The molecule has 1 aliphatic rings. The van der Waals surface area contributed by atoms with E-state index in [1.807, 2.05) is 38.4 Å². The van der Waals surface area contributed by atoms with E-state index in [0.717, 1.165) is 5.69 Å². The summed E-state index contributed by atoms with van der Waals surface area (Å²) in [6.07, 6.45) is 2.17. The number of rotatable bonds is 4. The quantitative estimate of drug-likeness (QED) is 0.815. The number of hydrogen-bond acceptors (Lipinski definition) is 5. The number of carbonyl (C=O) groups excluding carboxylic acids is 1. The number of sulfone groups is 1. The van der Waals surface area contributed by atoms with Crippen molar-refractivity contribution in [2.75, 3.05) is 18.6 Å². The van der Waals surface area contributed by atoms with Crippen molar-refractivity contribution in [1.82, 2.24) is 19.7 Å². The Morgan fingerprint density at radius 3 is 2.54 bits per heavy atom. The average molecular weight is 378 g/mol. The van der Waals surface area contributed by atoms with Crippen LogP contribution in [0.2, 0.25) is 0 Å². The highest BCUT2D eigenvalue weighted by Gasteiger charge is 2.34. The highest BCUT2D eigenvalue weighted by atomic mass is 32.2. The van der Waals surface area contributed by atoms with Crippen molar-refractivity contribution < 1.29 is 13.2 Å². The molecule has 0 bridgehead atoms. The molecule has 3 rings (SSSR count). The van der Waals surface area contributed by atoms with Gasteiger partial charge in [-0.05, 0) is 32.3 Å². The molecule has 0 unspecified atom stereocenters. The van der Waals surface area contributed by atoms with Gasteiger partial charge >= 0.3 is 0 Å².